The molecular formula is C49H39N7. The van der Waals surface area contributed by atoms with Gasteiger partial charge in [0.25, 0.3) is 0 Å². The monoisotopic (exact) mass is 725 g/mol. The van der Waals surface area contributed by atoms with Crippen LogP contribution in [0.5, 0.6) is 0 Å². The molecule has 7 heteroatoms. The van der Waals surface area contributed by atoms with E-state index in [0.29, 0.717) is 6.67 Å². The smallest absolute Gasteiger partial charge is 0.129 e. The van der Waals surface area contributed by atoms with E-state index in [0.717, 1.165) is 33.8 Å². The number of nitrogens with one attached hydrogen (secondary N) is 4. The minimum Gasteiger partial charge on any atom is -0.366 e. The van der Waals surface area contributed by atoms with Crippen LogP contribution in [0.2, 0.25) is 0 Å². The third kappa shape index (κ3) is 5.40. The van der Waals surface area contributed by atoms with Gasteiger partial charge >= 0.3 is 0 Å². The van der Waals surface area contributed by atoms with Crippen molar-refractivity contribution < 1.29 is 0 Å². The van der Waals surface area contributed by atoms with E-state index in [-0.39, 0.29) is 18.4 Å². The second-order valence-corrected chi connectivity index (χ2v) is 14.6. The minimum absolute atomic E-state index is 0.145. The van der Waals surface area contributed by atoms with Gasteiger partial charge in [-0.05, 0) is 59.7 Å². The first-order chi connectivity index (χ1) is 27.8. The third-order valence-electron chi connectivity index (χ3n) is 11.3. The maximum Gasteiger partial charge on any atom is 0.129 e. The molecular weight excluding hydrogens is 687 g/mol. The zero-order valence-corrected chi connectivity index (χ0v) is 30.6. The van der Waals surface area contributed by atoms with Gasteiger partial charge in [-0.3, -0.25) is 15.6 Å². The Morgan fingerprint density at radius 2 is 1.04 bits per heavy atom. The van der Waals surface area contributed by atoms with E-state index in [4.69, 9.17) is 4.99 Å². The average Bonchev–Trinajstić information content (AvgIpc) is 3.80. The fraction of sp³-hybridized carbons (Fsp3) is 0.0816. The van der Waals surface area contributed by atoms with E-state index >= 15 is 0 Å². The highest BCUT2D eigenvalue weighted by molar-refractivity contribution is 6.10. The molecule has 9 aromatic rings. The minimum atomic E-state index is -0.154. The number of para-hydroxylation sites is 4. The number of aliphatic imine (C=N–C) groups is 1. The Morgan fingerprint density at radius 3 is 1.59 bits per heavy atom. The molecule has 0 spiro atoms. The fourth-order valence-electron chi connectivity index (χ4n) is 8.83. The zero-order valence-electron chi connectivity index (χ0n) is 30.6. The van der Waals surface area contributed by atoms with Crippen molar-refractivity contribution in [1.29, 1.82) is 0 Å². The first kappa shape index (κ1) is 32.5. The van der Waals surface area contributed by atoms with Crippen LogP contribution in [-0.2, 0) is 0 Å². The highest BCUT2D eigenvalue weighted by atomic mass is 15.2. The van der Waals surface area contributed by atoms with E-state index < -0.39 is 0 Å². The summed E-state index contributed by atoms with van der Waals surface area (Å²) >= 11 is 0. The number of fused-ring (bicyclic) bond motifs is 6. The van der Waals surface area contributed by atoms with Gasteiger partial charge in [-0.2, -0.15) is 0 Å². The quantitative estimate of drug-likeness (QED) is 0.138. The Hall–Kier alpha value is -6.93. The van der Waals surface area contributed by atoms with E-state index in [1.807, 2.05) is 0 Å². The summed E-state index contributed by atoms with van der Waals surface area (Å²) in [5, 5.41) is 19.6. The Morgan fingerprint density at radius 1 is 0.518 bits per heavy atom. The number of nitrogens with zero attached hydrogens (tertiary/aromatic N) is 3. The lowest BCUT2D eigenvalue weighted by Crippen LogP contribution is -2.40. The summed E-state index contributed by atoms with van der Waals surface area (Å²) in [6, 6.07) is 61.2. The summed E-state index contributed by atoms with van der Waals surface area (Å²) in [5.74, 6) is 0. The Kier molecular flexibility index (Phi) is 7.79. The van der Waals surface area contributed by atoms with E-state index in [1.165, 1.54) is 49.2 Å². The fourth-order valence-corrected chi connectivity index (χ4v) is 8.83. The largest absolute Gasteiger partial charge is 0.366 e. The maximum atomic E-state index is 4.77. The van der Waals surface area contributed by atoms with Gasteiger partial charge in [-0.25, -0.2) is 0 Å². The first-order valence-electron chi connectivity index (χ1n) is 19.3. The molecule has 2 aliphatic heterocycles. The van der Waals surface area contributed by atoms with Crippen molar-refractivity contribution in [3.05, 3.63) is 198 Å². The molecule has 0 aliphatic carbocycles. The van der Waals surface area contributed by atoms with Crippen LogP contribution in [0.3, 0.4) is 0 Å². The summed E-state index contributed by atoms with van der Waals surface area (Å²) in [6.45, 7) is 0.660. The second kappa shape index (κ2) is 13.4. The molecule has 2 aromatic heterocycles. The number of benzene rings is 7. The molecule has 0 amide bonds. The van der Waals surface area contributed by atoms with Crippen LogP contribution in [0.4, 0.5) is 0 Å². The standard InChI is InChI=1S/C49H39N7/c1-2-14-32(15-3-1)48-53-42(29-43(54-48)36-16-4-5-21-41(36)49-51-30-50-31-52-49)33-26-34(55-44-22-10-6-17-37(44)38-18-7-11-23-45(38)55)28-35(27-33)56-46-24-12-8-19-39(46)40-20-9-13-25-47(40)56/h1-30,42,48-49,52-54H,31H2,(H,50,51). The summed E-state index contributed by atoms with van der Waals surface area (Å²) in [4.78, 5) is 4.77. The van der Waals surface area contributed by atoms with Crippen molar-refractivity contribution >= 4 is 55.6 Å². The van der Waals surface area contributed by atoms with Crippen LogP contribution in [-0.4, -0.2) is 22.1 Å². The third-order valence-corrected chi connectivity index (χ3v) is 11.3. The van der Waals surface area contributed by atoms with Gasteiger partial charge in [0.05, 0.1) is 41.1 Å². The second-order valence-electron chi connectivity index (χ2n) is 14.6. The normalized spacial score (nSPS) is 18.3. The average molecular weight is 726 g/mol. The number of hydrogen-bond acceptors (Lipinski definition) is 5. The van der Waals surface area contributed by atoms with Crippen molar-refractivity contribution in [3.63, 3.8) is 0 Å². The molecule has 4 N–H and O–H groups in total. The molecule has 0 saturated carbocycles. The van der Waals surface area contributed by atoms with Crippen molar-refractivity contribution in [1.82, 2.24) is 30.4 Å². The first-order valence-corrected chi connectivity index (χ1v) is 19.3. The Balaban J connectivity index is 1.17. The van der Waals surface area contributed by atoms with Crippen LogP contribution < -0.4 is 21.3 Å². The molecule has 0 saturated heterocycles. The van der Waals surface area contributed by atoms with Crippen molar-refractivity contribution in [3.8, 4) is 11.4 Å². The van der Waals surface area contributed by atoms with Crippen LogP contribution in [0.25, 0.3) is 60.7 Å². The molecule has 7 aromatic carbocycles. The molecule has 270 valence electrons. The van der Waals surface area contributed by atoms with E-state index in [1.54, 1.807) is 6.34 Å². The van der Waals surface area contributed by atoms with Crippen molar-refractivity contribution in [2.75, 3.05) is 6.67 Å². The van der Waals surface area contributed by atoms with Crippen molar-refractivity contribution in [2.24, 2.45) is 4.99 Å². The molecule has 56 heavy (non-hydrogen) atoms. The Labute approximate surface area is 324 Å². The van der Waals surface area contributed by atoms with Crippen LogP contribution >= 0.6 is 0 Å². The highest BCUT2D eigenvalue weighted by Gasteiger charge is 2.28. The number of hydrogen-bond donors (Lipinski definition) is 4. The molecule has 2 aliphatic rings. The number of rotatable bonds is 6. The van der Waals surface area contributed by atoms with Gasteiger partial charge in [0.2, 0.25) is 0 Å². The number of aromatic nitrogens is 2. The van der Waals surface area contributed by atoms with Gasteiger partial charge < -0.3 is 19.8 Å². The molecule has 4 heterocycles. The summed E-state index contributed by atoms with van der Waals surface area (Å²) in [7, 11) is 0. The van der Waals surface area contributed by atoms with Gasteiger partial charge in [0, 0.05) is 49.7 Å². The molecule has 11 rings (SSSR count). The molecule has 0 fully saturated rings. The van der Waals surface area contributed by atoms with Gasteiger partial charge in [-0.15, -0.1) is 0 Å². The van der Waals surface area contributed by atoms with Crippen LogP contribution in [0.15, 0.2) is 181 Å². The summed E-state index contributed by atoms with van der Waals surface area (Å²) < 4.78 is 4.87. The molecule has 0 radical (unpaired) electrons. The van der Waals surface area contributed by atoms with Crippen molar-refractivity contribution in [2.45, 2.75) is 18.4 Å². The maximum absolute atomic E-state index is 4.77. The molecule has 3 unspecified atom stereocenters. The van der Waals surface area contributed by atoms with E-state index in [2.05, 4.69) is 206 Å². The highest BCUT2D eigenvalue weighted by Crippen LogP contribution is 2.39. The molecule has 0 bridgehead atoms. The lowest BCUT2D eigenvalue weighted by atomic mass is 9.94. The molecule has 3 atom stereocenters. The van der Waals surface area contributed by atoms with Crippen LogP contribution in [0, 0.1) is 0 Å². The summed E-state index contributed by atoms with van der Waals surface area (Å²) in [5.41, 5.74) is 12.6. The molecule has 7 nitrogen and oxygen atoms in total. The van der Waals surface area contributed by atoms with Gasteiger partial charge in [-0.1, -0.05) is 127 Å². The lowest BCUT2D eigenvalue weighted by Gasteiger charge is -2.34. The summed E-state index contributed by atoms with van der Waals surface area (Å²) in [6.07, 6.45) is 3.85. The van der Waals surface area contributed by atoms with E-state index in [9.17, 15) is 0 Å². The topological polar surface area (TPSA) is 70.3 Å². The Bertz CT molecular complexity index is 2750. The van der Waals surface area contributed by atoms with Gasteiger partial charge in [0.1, 0.15) is 12.3 Å². The predicted molar refractivity (Wildman–Crippen MR) is 230 cm³/mol. The predicted octanol–water partition coefficient (Wildman–Crippen LogP) is 10.0. The lowest BCUT2D eigenvalue weighted by molar-refractivity contribution is 0.441. The SMILES string of the molecule is C1=NC(c2ccccc2C2=CC(c3cc(-n4c5ccccc5c5ccccc54)cc(-n4c5ccccc5c5ccccc54)c3)NC(c3ccccc3)N2)NCN1. The van der Waals surface area contributed by atoms with Crippen LogP contribution in [0.1, 0.15) is 40.6 Å². The van der Waals surface area contributed by atoms with Gasteiger partial charge in [0.15, 0.2) is 0 Å². The zero-order chi connectivity index (χ0) is 37.0.